The van der Waals surface area contributed by atoms with E-state index in [-0.39, 0.29) is 17.8 Å². The van der Waals surface area contributed by atoms with Crippen LogP contribution in [0.5, 0.6) is 5.75 Å². The first kappa shape index (κ1) is 17.4. The Morgan fingerprint density at radius 2 is 1.91 bits per heavy atom. The molecule has 1 aromatic rings. The van der Waals surface area contributed by atoms with Crippen molar-refractivity contribution in [2.75, 3.05) is 6.61 Å². The largest absolute Gasteiger partial charge is 0.475 e. The molecule has 23 heavy (non-hydrogen) atoms. The maximum atomic E-state index is 13.2. The van der Waals surface area contributed by atoms with Gasteiger partial charge in [0.1, 0.15) is 5.75 Å². The number of carbonyl (C=O) groups excluding carboxylic acids is 1. The molecule has 1 atom stereocenters. The van der Waals surface area contributed by atoms with Crippen molar-refractivity contribution in [1.29, 1.82) is 0 Å². The molecule has 0 spiro atoms. The molecule has 0 N–H and O–H groups in total. The fourth-order valence-electron chi connectivity index (χ4n) is 2.28. The number of ether oxygens (including phenoxy) is 2. The molecule has 1 aliphatic heterocycles. The topological polar surface area (TPSA) is 35.5 Å². The van der Waals surface area contributed by atoms with E-state index in [4.69, 9.17) is 9.47 Å². The van der Waals surface area contributed by atoms with Gasteiger partial charge in [-0.1, -0.05) is 32.9 Å². The first-order valence-electron chi connectivity index (χ1n) is 7.30. The minimum Gasteiger partial charge on any atom is -0.475 e. The first-order valence-corrected chi connectivity index (χ1v) is 7.30. The molecule has 1 unspecified atom stereocenters. The number of benzene rings is 1. The quantitative estimate of drug-likeness (QED) is 0.761. The molecule has 1 aliphatic rings. The van der Waals surface area contributed by atoms with Crippen LogP contribution < -0.4 is 4.74 Å². The Kier molecular flexibility index (Phi) is 4.46. The summed E-state index contributed by atoms with van der Waals surface area (Å²) in [5.41, 5.74) is 0.527. The number of alkyl halides is 3. The Morgan fingerprint density at radius 1 is 1.26 bits per heavy atom. The van der Waals surface area contributed by atoms with Gasteiger partial charge in [-0.05, 0) is 30.0 Å². The van der Waals surface area contributed by atoms with Crippen LogP contribution in [0.15, 0.2) is 23.8 Å². The lowest BCUT2D eigenvalue weighted by molar-refractivity contribution is -0.187. The highest BCUT2D eigenvalue weighted by atomic mass is 19.4. The molecule has 0 radical (unpaired) electrons. The van der Waals surface area contributed by atoms with Gasteiger partial charge in [0.25, 0.3) is 0 Å². The van der Waals surface area contributed by atoms with Crippen molar-refractivity contribution < 1.29 is 27.4 Å². The Bertz CT molecular complexity index is 639. The van der Waals surface area contributed by atoms with E-state index in [0.29, 0.717) is 5.56 Å². The second-order valence-corrected chi connectivity index (χ2v) is 6.36. The van der Waals surface area contributed by atoms with Crippen molar-refractivity contribution in [3.63, 3.8) is 0 Å². The molecular weight excluding hydrogens is 309 g/mol. The summed E-state index contributed by atoms with van der Waals surface area (Å²) in [5.74, 6) is -0.895. The molecule has 0 bridgehead atoms. The SMILES string of the molecule is CCOC(=O)C1=Cc2ccc(C(C)(C)C)cc2OC1C(F)(F)F. The van der Waals surface area contributed by atoms with Crippen molar-refractivity contribution in [1.82, 2.24) is 0 Å². The highest BCUT2D eigenvalue weighted by molar-refractivity contribution is 5.96. The van der Waals surface area contributed by atoms with Crippen molar-refractivity contribution in [3.05, 3.63) is 34.9 Å². The van der Waals surface area contributed by atoms with E-state index >= 15 is 0 Å². The number of hydrogen-bond acceptors (Lipinski definition) is 3. The summed E-state index contributed by atoms with van der Waals surface area (Å²) in [4.78, 5) is 11.8. The molecule has 0 saturated heterocycles. The third-order valence-electron chi connectivity index (χ3n) is 3.53. The number of fused-ring (bicyclic) bond motifs is 1. The van der Waals surface area contributed by atoms with Gasteiger partial charge in [0, 0.05) is 5.56 Å². The fourth-order valence-corrected chi connectivity index (χ4v) is 2.28. The molecule has 0 aliphatic carbocycles. The van der Waals surface area contributed by atoms with Crippen LogP contribution in [0.2, 0.25) is 0 Å². The van der Waals surface area contributed by atoms with Gasteiger partial charge >= 0.3 is 12.1 Å². The first-order chi connectivity index (χ1) is 10.5. The summed E-state index contributed by atoms with van der Waals surface area (Å²) in [6.45, 7) is 7.40. The lowest BCUT2D eigenvalue weighted by atomic mass is 9.86. The number of esters is 1. The molecule has 6 heteroatoms. The minimum atomic E-state index is -4.70. The van der Waals surface area contributed by atoms with Crippen LogP contribution in [0.3, 0.4) is 0 Å². The number of halogens is 3. The second-order valence-electron chi connectivity index (χ2n) is 6.36. The lowest BCUT2D eigenvalue weighted by Crippen LogP contribution is -2.40. The van der Waals surface area contributed by atoms with Crippen LogP contribution in [-0.4, -0.2) is 24.9 Å². The smallest absolute Gasteiger partial charge is 0.430 e. The molecule has 1 aromatic carbocycles. The molecule has 0 amide bonds. The molecular formula is C17H19F3O3. The van der Waals surface area contributed by atoms with Gasteiger partial charge in [-0.15, -0.1) is 0 Å². The predicted molar refractivity (Wildman–Crippen MR) is 80.2 cm³/mol. The molecule has 0 aromatic heterocycles. The normalized spacial score (nSPS) is 17.9. The van der Waals surface area contributed by atoms with Crippen LogP contribution in [0.4, 0.5) is 13.2 Å². The predicted octanol–water partition coefficient (Wildman–Crippen LogP) is 4.25. The number of rotatable bonds is 2. The van der Waals surface area contributed by atoms with Gasteiger partial charge < -0.3 is 9.47 Å². The van der Waals surface area contributed by atoms with E-state index in [0.717, 1.165) is 5.56 Å². The summed E-state index contributed by atoms with van der Waals surface area (Å²) in [7, 11) is 0. The highest BCUT2D eigenvalue weighted by Gasteiger charge is 2.48. The summed E-state index contributed by atoms with van der Waals surface area (Å²) in [6, 6.07) is 5.06. The average molecular weight is 328 g/mol. The van der Waals surface area contributed by atoms with Gasteiger partial charge in [-0.25, -0.2) is 4.79 Å². The van der Waals surface area contributed by atoms with Crippen LogP contribution in [0.1, 0.15) is 38.8 Å². The standard InChI is InChI=1S/C17H19F3O3/c1-5-22-15(21)12-8-10-6-7-11(16(2,3)4)9-13(10)23-14(12)17(18,19)20/h6-9,14H,5H2,1-4H3. The van der Waals surface area contributed by atoms with E-state index in [2.05, 4.69) is 0 Å². The van der Waals surface area contributed by atoms with Crippen LogP contribution in [0, 0.1) is 0 Å². The van der Waals surface area contributed by atoms with Gasteiger partial charge in [0.05, 0.1) is 12.2 Å². The third-order valence-corrected chi connectivity index (χ3v) is 3.53. The third kappa shape index (κ3) is 3.68. The Labute approximate surface area is 133 Å². The van der Waals surface area contributed by atoms with Crippen molar-refractivity contribution in [2.45, 2.75) is 45.4 Å². The zero-order chi connectivity index (χ0) is 17.4. The molecule has 0 fully saturated rings. The number of carbonyl (C=O) groups is 1. The Hall–Kier alpha value is -1.98. The van der Waals surface area contributed by atoms with E-state index in [1.807, 2.05) is 26.8 Å². The molecule has 126 valence electrons. The molecule has 3 nitrogen and oxygen atoms in total. The summed E-state index contributed by atoms with van der Waals surface area (Å²) < 4.78 is 49.6. The summed E-state index contributed by atoms with van der Waals surface area (Å²) >= 11 is 0. The molecule has 0 saturated carbocycles. The van der Waals surface area contributed by atoms with Crippen molar-refractivity contribution >= 4 is 12.0 Å². The maximum Gasteiger partial charge on any atom is 0.430 e. The zero-order valence-corrected chi connectivity index (χ0v) is 13.5. The van der Waals surface area contributed by atoms with Gasteiger partial charge in [0.2, 0.25) is 6.10 Å². The Balaban J connectivity index is 2.50. The van der Waals surface area contributed by atoms with E-state index in [1.165, 1.54) is 13.0 Å². The fraction of sp³-hybridized carbons (Fsp3) is 0.471. The maximum absolute atomic E-state index is 13.2. The number of hydrogen-bond donors (Lipinski definition) is 0. The Morgan fingerprint density at radius 3 is 2.43 bits per heavy atom. The van der Waals surface area contributed by atoms with Crippen LogP contribution in [0.25, 0.3) is 6.08 Å². The highest BCUT2D eigenvalue weighted by Crippen LogP contribution is 2.39. The van der Waals surface area contributed by atoms with Crippen LogP contribution in [-0.2, 0) is 14.9 Å². The lowest BCUT2D eigenvalue weighted by Gasteiger charge is -2.29. The zero-order valence-electron chi connectivity index (χ0n) is 13.5. The summed E-state index contributed by atoms with van der Waals surface area (Å²) in [6.07, 6.45) is -5.82. The van der Waals surface area contributed by atoms with Gasteiger partial charge in [-0.2, -0.15) is 13.2 Å². The van der Waals surface area contributed by atoms with Gasteiger partial charge in [-0.3, -0.25) is 0 Å². The van der Waals surface area contributed by atoms with Crippen LogP contribution >= 0.6 is 0 Å². The monoisotopic (exact) mass is 328 g/mol. The minimum absolute atomic E-state index is 0.00340. The second kappa shape index (κ2) is 5.91. The van der Waals surface area contributed by atoms with Gasteiger partial charge in [0.15, 0.2) is 0 Å². The van der Waals surface area contributed by atoms with Crippen molar-refractivity contribution in [2.24, 2.45) is 0 Å². The summed E-state index contributed by atoms with van der Waals surface area (Å²) in [5, 5.41) is 0. The average Bonchev–Trinajstić information content (AvgIpc) is 2.43. The molecule has 2 rings (SSSR count). The van der Waals surface area contributed by atoms with E-state index < -0.39 is 23.8 Å². The molecule has 1 heterocycles. The van der Waals surface area contributed by atoms with E-state index in [1.54, 1.807) is 12.1 Å². The van der Waals surface area contributed by atoms with Crippen molar-refractivity contribution in [3.8, 4) is 5.75 Å². The van der Waals surface area contributed by atoms with E-state index in [9.17, 15) is 18.0 Å².